The molecule has 6 heteroatoms. The van der Waals surface area contributed by atoms with Crippen LogP contribution in [0.25, 0.3) is 0 Å². The summed E-state index contributed by atoms with van der Waals surface area (Å²) in [5.41, 5.74) is 0. The molecule has 0 spiro atoms. The molecule has 0 bridgehead atoms. The van der Waals surface area contributed by atoms with E-state index in [0.717, 1.165) is 44.8 Å². The predicted octanol–water partition coefficient (Wildman–Crippen LogP) is 0.501. The topological polar surface area (TPSA) is 60.9 Å². The zero-order chi connectivity index (χ0) is 13.0. The Labute approximate surface area is 112 Å². The Morgan fingerprint density at radius 1 is 1.22 bits per heavy atom. The van der Waals surface area contributed by atoms with Crippen LogP contribution in [-0.2, 0) is 9.59 Å². The van der Waals surface area contributed by atoms with Gasteiger partial charge in [-0.25, -0.2) is 0 Å². The number of piperazine rings is 1. The molecule has 0 aromatic heterocycles. The van der Waals surface area contributed by atoms with E-state index in [1.807, 2.05) is 4.90 Å². The van der Waals surface area contributed by atoms with Gasteiger partial charge in [0.25, 0.3) is 0 Å². The first-order chi connectivity index (χ1) is 8.66. The van der Waals surface area contributed by atoms with Gasteiger partial charge in [-0.1, -0.05) is 0 Å². The molecule has 1 atom stereocenters. The number of carboxylic acids is 1. The lowest BCUT2D eigenvalue weighted by atomic mass is 10.2. The summed E-state index contributed by atoms with van der Waals surface area (Å²) < 4.78 is 0. The lowest BCUT2D eigenvalue weighted by molar-refractivity contribution is -0.138. The first kappa shape index (κ1) is 13.7. The number of amides is 1. The minimum Gasteiger partial charge on any atom is -0.481 e. The van der Waals surface area contributed by atoms with Gasteiger partial charge in [-0.15, -0.1) is 11.8 Å². The van der Waals surface area contributed by atoms with E-state index in [9.17, 15) is 9.59 Å². The van der Waals surface area contributed by atoms with Crippen LogP contribution in [0, 0.1) is 0 Å². The Kier molecular flexibility index (Phi) is 4.88. The maximum Gasteiger partial charge on any atom is 0.304 e. The normalized spacial score (nSPS) is 25.3. The predicted molar refractivity (Wildman–Crippen MR) is 70.8 cm³/mol. The van der Waals surface area contributed by atoms with Crippen molar-refractivity contribution in [1.29, 1.82) is 0 Å². The van der Waals surface area contributed by atoms with Crippen LogP contribution >= 0.6 is 11.8 Å². The summed E-state index contributed by atoms with van der Waals surface area (Å²) >= 11 is 1.78. The van der Waals surface area contributed by atoms with Crippen LogP contribution in [0.1, 0.15) is 19.3 Å². The molecule has 2 heterocycles. The number of carbonyl (C=O) groups is 2. The second kappa shape index (κ2) is 6.43. The summed E-state index contributed by atoms with van der Waals surface area (Å²) in [7, 11) is 0. The molecule has 0 aliphatic carbocycles. The molecule has 1 N–H and O–H groups in total. The monoisotopic (exact) mass is 272 g/mol. The minimum atomic E-state index is -0.754. The van der Waals surface area contributed by atoms with Crippen molar-refractivity contribution in [1.82, 2.24) is 9.80 Å². The molecule has 0 aromatic rings. The Hall–Kier alpha value is -0.750. The van der Waals surface area contributed by atoms with Crippen molar-refractivity contribution in [2.24, 2.45) is 0 Å². The van der Waals surface area contributed by atoms with Crippen LogP contribution < -0.4 is 0 Å². The van der Waals surface area contributed by atoms with Crippen LogP contribution in [0.15, 0.2) is 0 Å². The molecule has 2 aliphatic heterocycles. The van der Waals surface area contributed by atoms with Crippen molar-refractivity contribution in [2.75, 3.05) is 38.5 Å². The summed E-state index contributed by atoms with van der Waals surface area (Å²) in [6.45, 7) is 3.69. The van der Waals surface area contributed by atoms with Crippen LogP contribution in [0.3, 0.4) is 0 Å². The standard InChI is InChI=1S/C12H20N2O3S/c15-11(16)3-4-13-5-7-14(8-6-13)12(17)10-2-1-9-18-10/h10H,1-9H2,(H,15,16). The van der Waals surface area contributed by atoms with Gasteiger partial charge in [-0.3, -0.25) is 14.5 Å². The number of aliphatic carboxylic acids is 1. The second-order valence-corrected chi connectivity index (χ2v) is 6.12. The second-order valence-electron chi connectivity index (χ2n) is 4.81. The average molecular weight is 272 g/mol. The molecule has 2 saturated heterocycles. The third-order valence-electron chi connectivity index (χ3n) is 3.53. The van der Waals surface area contributed by atoms with Gasteiger partial charge in [0.05, 0.1) is 11.7 Å². The number of hydrogen-bond donors (Lipinski definition) is 1. The third kappa shape index (κ3) is 3.62. The smallest absolute Gasteiger partial charge is 0.304 e. The van der Waals surface area contributed by atoms with Crippen molar-refractivity contribution < 1.29 is 14.7 Å². The third-order valence-corrected chi connectivity index (χ3v) is 4.90. The van der Waals surface area contributed by atoms with Crippen molar-refractivity contribution in [2.45, 2.75) is 24.5 Å². The molecular weight excluding hydrogens is 252 g/mol. The number of thioether (sulfide) groups is 1. The van der Waals surface area contributed by atoms with E-state index >= 15 is 0 Å². The van der Waals surface area contributed by atoms with E-state index in [-0.39, 0.29) is 17.6 Å². The highest BCUT2D eigenvalue weighted by molar-refractivity contribution is 8.00. The largest absolute Gasteiger partial charge is 0.481 e. The van der Waals surface area contributed by atoms with E-state index in [4.69, 9.17) is 5.11 Å². The van der Waals surface area contributed by atoms with Crippen LogP contribution in [-0.4, -0.2) is 70.5 Å². The maximum absolute atomic E-state index is 12.2. The van der Waals surface area contributed by atoms with Crippen LogP contribution in [0.2, 0.25) is 0 Å². The Bertz CT molecular complexity index is 310. The molecule has 0 radical (unpaired) electrons. The fourth-order valence-corrected chi connectivity index (χ4v) is 3.66. The number of nitrogens with zero attached hydrogens (tertiary/aromatic N) is 2. The van der Waals surface area contributed by atoms with Crippen LogP contribution in [0.4, 0.5) is 0 Å². The Morgan fingerprint density at radius 2 is 1.94 bits per heavy atom. The highest BCUT2D eigenvalue weighted by Gasteiger charge is 2.29. The number of rotatable bonds is 4. The average Bonchev–Trinajstić information content (AvgIpc) is 2.90. The molecule has 0 saturated carbocycles. The zero-order valence-corrected chi connectivity index (χ0v) is 11.3. The summed E-state index contributed by atoms with van der Waals surface area (Å²) in [5.74, 6) is 0.640. The number of carboxylic acid groups (broad SMARTS) is 1. The highest BCUT2D eigenvalue weighted by atomic mass is 32.2. The molecule has 5 nitrogen and oxygen atoms in total. The molecule has 2 rings (SSSR count). The molecular formula is C12H20N2O3S. The first-order valence-electron chi connectivity index (χ1n) is 6.51. The van der Waals surface area contributed by atoms with E-state index in [1.54, 1.807) is 11.8 Å². The van der Waals surface area contributed by atoms with Gasteiger partial charge < -0.3 is 10.0 Å². The zero-order valence-electron chi connectivity index (χ0n) is 10.5. The fraction of sp³-hybridized carbons (Fsp3) is 0.833. The van der Waals surface area contributed by atoms with E-state index in [0.29, 0.717) is 6.54 Å². The van der Waals surface area contributed by atoms with Crippen LogP contribution in [0.5, 0.6) is 0 Å². The summed E-state index contributed by atoms with van der Waals surface area (Å²) in [5, 5.41) is 8.81. The van der Waals surface area contributed by atoms with E-state index in [2.05, 4.69) is 4.90 Å². The Morgan fingerprint density at radius 3 is 2.50 bits per heavy atom. The molecule has 2 aliphatic rings. The quantitative estimate of drug-likeness (QED) is 0.807. The van der Waals surface area contributed by atoms with Gasteiger partial charge in [0.15, 0.2) is 0 Å². The van der Waals surface area contributed by atoms with Gasteiger partial charge in [0, 0.05) is 32.7 Å². The van der Waals surface area contributed by atoms with Crippen molar-refractivity contribution in [3.05, 3.63) is 0 Å². The summed E-state index contributed by atoms with van der Waals surface area (Å²) in [4.78, 5) is 26.7. The van der Waals surface area contributed by atoms with Crippen molar-refractivity contribution >= 4 is 23.6 Å². The maximum atomic E-state index is 12.2. The molecule has 1 amide bonds. The van der Waals surface area contributed by atoms with Gasteiger partial charge in [0.1, 0.15) is 0 Å². The fourth-order valence-electron chi connectivity index (χ4n) is 2.42. The summed E-state index contributed by atoms with van der Waals surface area (Å²) in [6, 6.07) is 0. The van der Waals surface area contributed by atoms with Gasteiger partial charge >= 0.3 is 5.97 Å². The lowest BCUT2D eigenvalue weighted by Gasteiger charge is -2.35. The van der Waals surface area contributed by atoms with E-state index < -0.39 is 5.97 Å². The van der Waals surface area contributed by atoms with Gasteiger partial charge in [-0.2, -0.15) is 0 Å². The molecule has 0 aromatic carbocycles. The number of carbonyl (C=O) groups excluding carboxylic acids is 1. The highest BCUT2D eigenvalue weighted by Crippen LogP contribution is 2.27. The molecule has 102 valence electrons. The van der Waals surface area contributed by atoms with E-state index in [1.165, 1.54) is 0 Å². The van der Waals surface area contributed by atoms with Gasteiger partial charge in [0.2, 0.25) is 5.91 Å². The number of hydrogen-bond acceptors (Lipinski definition) is 4. The van der Waals surface area contributed by atoms with Crippen molar-refractivity contribution in [3.8, 4) is 0 Å². The molecule has 2 fully saturated rings. The molecule has 18 heavy (non-hydrogen) atoms. The lowest BCUT2D eigenvalue weighted by Crippen LogP contribution is -2.51. The molecule has 1 unspecified atom stereocenters. The minimum absolute atomic E-state index is 0.176. The SMILES string of the molecule is O=C(O)CCN1CCN(C(=O)C2CCCS2)CC1. The Balaban J connectivity index is 1.72. The summed E-state index contributed by atoms with van der Waals surface area (Å²) in [6.07, 6.45) is 2.36. The first-order valence-corrected chi connectivity index (χ1v) is 7.56. The van der Waals surface area contributed by atoms with Crippen molar-refractivity contribution in [3.63, 3.8) is 0 Å². The van der Waals surface area contributed by atoms with Gasteiger partial charge in [-0.05, 0) is 18.6 Å².